The highest BCUT2D eigenvalue weighted by molar-refractivity contribution is 7.80. The van der Waals surface area contributed by atoms with Crippen molar-refractivity contribution < 1.29 is 9.15 Å². The average Bonchev–Trinajstić information content (AvgIpc) is 3.79. The molecule has 6 heteroatoms. The topological polar surface area (TPSA) is 59.5 Å². The van der Waals surface area contributed by atoms with Gasteiger partial charge in [-0.3, -0.25) is 4.99 Å². The SMILES string of the molecule is C=NC(=NC(=NCc1ccc2c(c1)OC/C=C\C=C/C2=C)c1ccc(-c2ccc(-c3cccc4oc5ccc(-c6ccccc6)c(C)c5c34)cc2)cc1)c1cccc(-c2ccccc2)c1S. The molecule has 2 heterocycles. The number of hydrogen-bond acceptors (Lipinski definition) is 4. The molecule has 0 saturated carbocycles. The number of aliphatic imine (C=N–C) groups is 3. The third-order valence-electron chi connectivity index (χ3n) is 12.1. The number of benzene rings is 8. The molecule has 0 N–H and O–H groups in total. The van der Waals surface area contributed by atoms with E-state index in [-0.39, 0.29) is 0 Å². The van der Waals surface area contributed by atoms with Crippen LogP contribution >= 0.6 is 12.6 Å². The standard InChI is InChI=1S/C60H45N3O2S/c1-39-15-7-6-12-36-64-55-37-41(24-33-48(39)55)38-62-59(63-60(61-3)52-22-13-21-51(58(52)66)45-18-10-5-11-19-45)47-31-27-43(28-32-47)42-25-29-46(30-26-42)50-20-14-23-53-57(50)56-40(2)49(34-35-54(56)65-53)44-16-8-4-9-17-44/h4-35,37,66H,1,3,36,38H2,2H3/b12-6-,15-7-,62-59?,63-60?. The Bertz CT molecular complexity index is 3420. The number of fused-ring (bicyclic) bond motifs is 4. The summed E-state index contributed by atoms with van der Waals surface area (Å²) in [5.74, 6) is 1.70. The molecule has 0 aliphatic carbocycles. The summed E-state index contributed by atoms with van der Waals surface area (Å²) in [6.07, 6.45) is 7.92. The number of rotatable bonds is 8. The number of ether oxygens (including phenoxy) is 1. The maximum absolute atomic E-state index is 6.43. The van der Waals surface area contributed by atoms with Gasteiger partial charge in [-0.25, -0.2) is 9.98 Å². The van der Waals surface area contributed by atoms with Crippen LogP contribution in [0.4, 0.5) is 0 Å². The summed E-state index contributed by atoms with van der Waals surface area (Å²) in [6, 6.07) is 60.5. The molecule has 1 aliphatic heterocycles. The van der Waals surface area contributed by atoms with Crippen LogP contribution in [0.5, 0.6) is 5.75 Å². The monoisotopic (exact) mass is 871 g/mol. The second-order valence-electron chi connectivity index (χ2n) is 16.2. The van der Waals surface area contributed by atoms with Crippen LogP contribution in [-0.2, 0) is 6.54 Å². The molecular formula is C60H45N3O2S. The largest absolute Gasteiger partial charge is 0.489 e. The minimum absolute atomic E-state index is 0.352. The Morgan fingerprint density at radius 1 is 0.591 bits per heavy atom. The summed E-state index contributed by atoms with van der Waals surface area (Å²) in [5.41, 5.74) is 16.2. The van der Waals surface area contributed by atoms with Gasteiger partial charge >= 0.3 is 0 Å². The van der Waals surface area contributed by atoms with Gasteiger partial charge in [-0.15, -0.1) is 12.6 Å². The number of nitrogens with zero attached hydrogens (tertiary/aromatic N) is 3. The lowest BCUT2D eigenvalue weighted by Gasteiger charge is -2.13. The molecule has 0 spiro atoms. The van der Waals surface area contributed by atoms with Crippen LogP contribution < -0.4 is 4.74 Å². The minimum atomic E-state index is 0.352. The first kappa shape index (κ1) is 41.9. The van der Waals surface area contributed by atoms with Crippen LogP contribution in [0, 0.1) is 6.92 Å². The van der Waals surface area contributed by atoms with Gasteiger partial charge in [0.15, 0.2) is 11.7 Å². The van der Waals surface area contributed by atoms with E-state index in [1.807, 2.05) is 66.8 Å². The highest BCUT2D eigenvalue weighted by atomic mass is 32.1. The third kappa shape index (κ3) is 8.38. The number of furan rings is 1. The Balaban J connectivity index is 0.993. The average molecular weight is 872 g/mol. The molecular weight excluding hydrogens is 827 g/mol. The second-order valence-corrected chi connectivity index (χ2v) is 16.6. The van der Waals surface area contributed by atoms with E-state index in [4.69, 9.17) is 31.8 Å². The van der Waals surface area contributed by atoms with Crippen molar-refractivity contribution in [3.05, 3.63) is 235 Å². The molecule has 1 aliphatic rings. The molecule has 10 rings (SSSR count). The summed E-state index contributed by atoms with van der Waals surface area (Å²) in [5, 5.41) is 2.27. The molecule has 0 bridgehead atoms. The van der Waals surface area contributed by atoms with E-state index in [1.165, 1.54) is 16.7 Å². The first-order valence-corrected chi connectivity index (χ1v) is 22.4. The van der Waals surface area contributed by atoms with Crippen molar-refractivity contribution in [2.45, 2.75) is 18.4 Å². The maximum Gasteiger partial charge on any atom is 0.162 e. The summed E-state index contributed by atoms with van der Waals surface area (Å²) in [6.45, 7) is 11.2. The van der Waals surface area contributed by atoms with Crippen molar-refractivity contribution >= 4 is 58.5 Å². The molecule has 66 heavy (non-hydrogen) atoms. The lowest BCUT2D eigenvalue weighted by atomic mass is 9.93. The smallest absolute Gasteiger partial charge is 0.162 e. The van der Waals surface area contributed by atoms with E-state index in [2.05, 4.69) is 159 Å². The first-order valence-electron chi connectivity index (χ1n) is 21.9. The zero-order chi connectivity index (χ0) is 45.0. The fourth-order valence-electron chi connectivity index (χ4n) is 8.70. The van der Waals surface area contributed by atoms with Crippen LogP contribution in [-0.4, -0.2) is 25.0 Å². The molecule has 0 unspecified atom stereocenters. The van der Waals surface area contributed by atoms with Crippen LogP contribution in [0.3, 0.4) is 0 Å². The molecule has 5 nitrogen and oxygen atoms in total. The quantitative estimate of drug-likeness (QED) is 0.0939. The predicted molar refractivity (Wildman–Crippen MR) is 279 cm³/mol. The molecule has 0 fully saturated rings. The van der Waals surface area contributed by atoms with Crippen LogP contribution in [0.25, 0.3) is 72.0 Å². The van der Waals surface area contributed by atoms with Crippen LogP contribution in [0.2, 0.25) is 0 Å². The van der Waals surface area contributed by atoms with Gasteiger partial charge in [0, 0.05) is 32.4 Å². The van der Waals surface area contributed by atoms with Gasteiger partial charge in [-0.1, -0.05) is 183 Å². The Labute approximate surface area is 390 Å². The Kier molecular flexibility index (Phi) is 11.8. The number of aryl methyl sites for hydroxylation is 1. The zero-order valence-electron chi connectivity index (χ0n) is 36.5. The van der Waals surface area contributed by atoms with Crippen LogP contribution in [0.15, 0.2) is 231 Å². The molecule has 0 saturated heterocycles. The number of thiol groups is 1. The van der Waals surface area contributed by atoms with Crippen LogP contribution in [0.1, 0.15) is 27.8 Å². The first-order chi connectivity index (χ1) is 32.4. The van der Waals surface area contributed by atoms with Crippen molar-refractivity contribution in [3.63, 3.8) is 0 Å². The van der Waals surface area contributed by atoms with Gasteiger partial charge in [0.25, 0.3) is 0 Å². The van der Waals surface area contributed by atoms with Gasteiger partial charge in [0.1, 0.15) is 23.5 Å². The van der Waals surface area contributed by atoms with E-state index >= 15 is 0 Å². The summed E-state index contributed by atoms with van der Waals surface area (Å²) < 4.78 is 12.6. The van der Waals surface area contributed by atoms with Crippen molar-refractivity contribution in [2.24, 2.45) is 15.0 Å². The lowest BCUT2D eigenvalue weighted by molar-refractivity contribution is 0.361. The number of allylic oxidation sites excluding steroid dienone is 4. The Morgan fingerprint density at radius 2 is 1.23 bits per heavy atom. The zero-order valence-corrected chi connectivity index (χ0v) is 37.4. The fourth-order valence-corrected chi connectivity index (χ4v) is 9.07. The molecule has 0 atom stereocenters. The minimum Gasteiger partial charge on any atom is -0.489 e. The lowest BCUT2D eigenvalue weighted by Crippen LogP contribution is -2.07. The summed E-state index contributed by atoms with van der Waals surface area (Å²) in [7, 11) is 0. The normalized spacial score (nSPS) is 13.9. The van der Waals surface area contributed by atoms with Gasteiger partial charge < -0.3 is 9.15 Å². The Morgan fingerprint density at radius 3 is 1.97 bits per heavy atom. The van der Waals surface area contributed by atoms with Crippen molar-refractivity contribution in [1.82, 2.24) is 0 Å². The van der Waals surface area contributed by atoms with E-state index in [1.54, 1.807) is 0 Å². The second kappa shape index (κ2) is 18.6. The van der Waals surface area contributed by atoms with Crippen molar-refractivity contribution in [1.29, 1.82) is 0 Å². The fraction of sp³-hybridized carbons (Fsp3) is 0.0500. The number of amidine groups is 2. The highest BCUT2D eigenvalue weighted by Gasteiger charge is 2.18. The van der Waals surface area contributed by atoms with Gasteiger partial charge in [-0.2, -0.15) is 0 Å². The maximum atomic E-state index is 6.43. The van der Waals surface area contributed by atoms with E-state index < -0.39 is 0 Å². The van der Waals surface area contributed by atoms with Gasteiger partial charge in [0.05, 0.1) is 6.54 Å². The Hall–Kier alpha value is -8.06. The predicted octanol–water partition coefficient (Wildman–Crippen LogP) is 15.5. The summed E-state index contributed by atoms with van der Waals surface area (Å²) in [4.78, 5) is 15.5. The highest BCUT2D eigenvalue weighted by Crippen LogP contribution is 2.41. The molecule has 0 amide bonds. The van der Waals surface area contributed by atoms with E-state index in [0.29, 0.717) is 24.8 Å². The van der Waals surface area contributed by atoms with E-state index in [0.717, 1.165) is 93.8 Å². The molecule has 1 aromatic heterocycles. The molecule has 8 aromatic carbocycles. The van der Waals surface area contributed by atoms with Crippen molar-refractivity contribution in [2.75, 3.05) is 6.61 Å². The van der Waals surface area contributed by atoms with E-state index in [9.17, 15) is 0 Å². The molecule has 318 valence electrons. The molecule has 9 aromatic rings. The third-order valence-corrected chi connectivity index (χ3v) is 12.6. The molecule has 0 radical (unpaired) electrons. The van der Waals surface area contributed by atoms with Crippen molar-refractivity contribution in [3.8, 4) is 50.3 Å². The van der Waals surface area contributed by atoms with Gasteiger partial charge in [0.2, 0.25) is 0 Å². The van der Waals surface area contributed by atoms with Gasteiger partial charge in [-0.05, 0) is 99.1 Å². The summed E-state index contributed by atoms with van der Waals surface area (Å²) >= 11 is 5.01. The number of hydrogen-bond donors (Lipinski definition) is 1.